The smallest absolute Gasteiger partial charge is 0.264 e. The molecule has 0 aromatic heterocycles. The van der Waals surface area contributed by atoms with Crippen LogP contribution in [0, 0.1) is 0 Å². The molecule has 0 fully saturated rings. The van der Waals surface area contributed by atoms with Gasteiger partial charge in [-0.3, -0.25) is 9.59 Å². The second kappa shape index (κ2) is 10.2. The number of fused-ring (bicyclic) bond motifs is 2. The van der Waals surface area contributed by atoms with Gasteiger partial charge >= 0.3 is 0 Å². The molecule has 2 aromatic rings. The van der Waals surface area contributed by atoms with E-state index in [-0.39, 0.29) is 24.3 Å². The van der Waals surface area contributed by atoms with E-state index in [1.165, 1.54) is 6.92 Å². The Balaban J connectivity index is 1.30. The molecule has 1 unspecified atom stereocenters. The second-order valence-corrected chi connectivity index (χ2v) is 8.76. The molecule has 37 heavy (non-hydrogen) atoms. The van der Waals surface area contributed by atoms with E-state index in [4.69, 9.17) is 14.2 Å². The zero-order chi connectivity index (χ0) is 25.9. The highest BCUT2D eigenvalue weighted by Gasteiger charge is 2.28. The van der Waals surface area contributed by atoms with E-state index in [9.17, 15) is 9.59 Å². The largest absolute Gasteiger partial charge is 0.493 e. The topological polar surface area (TPSA) is 101 Å². The first kappa shape index (κ1) is 24.2. The number of nitrogens with one attached hydrogen (secondary N) is 2. The van der Waals surface area contributed by atoms with Crippen molar-refractivity contribution in [3.63, 3.8) is 0 Å². The van der Waals surface area contributed by atoms with Gasteiger partial charge < -0.3 is 29.7 Å². The fraction of sp³-hybridized carbons (Fsp3) is 0.250. The van der Waals surface area contributed by atoms with Gasteiger partial charge in [0, 0.05) is 23.5 Å². The molecule has 9 heteroatoms. The van der Waals surface area contributed by atoms with E-state index < -0.39 is 0 Å². The molecule has 5 rings (SSSR count). The van der Waals surface area contributed by atoms with E-state index in [0.29, 0.717) is 35.2 Å². The van der Waals surface area contributed by atoms with Gasteiger partial charge in [-0.15, -0.1) is 0 Å². The van der Waals surface area contributed by atoms with Gasteiger partial charge in [-0.25, -0.2) is 4.99 Å². The Morgan fingerprint density at radius 2 is 1.95 bits per heavy atom. The zero-order valence-electron chi connectivity index (χ0n) is 20.9. The molecule has 0 saturated heterocycles. The second-order valence-electron chi connectivity index (χ2n) is 8.76. The number of ether oxygens (including phenoxy) is 3. The van der Waals surface area contributed by atoms with Crippen molar-refractivity contribution in [2.24, 2.45) is 4.99 Å². The molecular weight excluding hydrogens is 472 g/mol. The van der Waals surface area contributed by atoms with E-state index in [1.54, 1.807) is 49.7 Å². The third kappa shape index (κ3) is 4.80. The maximum Gasteiger partial charge on any atom is 0.264 e. The summed E-state index contributed by atoms with van der Waals surface area (Å²) in [7, 11) is 3.21. The van der Waals surface area contributed by atoms with Gasteiger partial charge in [0.25, 0.3) is 5.91 Å². The average Bonchev–Trinajstić information content (AvgIpc) is 3.34. The number of rotatable bonds is 8. The Morgan fingerprint density at radius 3 is 2.73 bits per heavy atom. The minimum absolute atomic E-state index is 0.0930. The number of hydrogen-bond acceptors (Lipinski definition) is 8. The standard InChI is InChI=1S/C28H28N4O5/c1-17(33)20-6-4-5-7-24(20)37-15-27(34)32-11-10-18-12-19(8-9-23(18)32)31-28-21-13-25(35-2)26(36-3)14-22(21)29-16-30-28/h4-9,12-14,16,22,31H,10-11,15H2,1-3H3,(H,29,30). The number of methoxy groups -OCH3 is 2. The molecule has 0 radical (unpaired) electrons. The Labute approximate surface area is 215 Å². The van der Waals surface area contributed by atoms with Gasteiger partial charge in [0.15, 0.2) is 23.9 Å². The van der Waals surface area contributed by atoms with Crippen LogP contribution in [0.15, 0.2) is 82.5 Å². The molecule has 2 heterocycles. The Kier molecular flexibility index (Phi) is 6.68. The van der Waals surface area contributed by atoms with Crippen LogP contribution in [-0.4, -0.2) is 51.4 Å². The fourth-order valence-electron chi connectivity index (χ4n) is 4.64. The molecule has 1 aliphatic carbocycles. The minimum Gasteiger partial charge on any atom is -0.493 e. The van der Waals surface area contributed by atoms with Crippen molar-refractivity contribution in [3.05, 3.63) is 88.7 Å². The maximum absolute atomic E-state index is 13.0. The molecular formula is C28H28N4O5. The van der Waals surface area contributed by atoms with Crippen LogP contribution in [0.4, 0.5) is 11.4 Å². The third-order valence-corrected chi connectivity index (χ3v) is 6.50. The summed E-state index contributed by atoms with van der Waals surface area (Å²) in [6.07, 6.45) is 6.25. The summed E-state index contributed by atoms with van der Waals surface area (Å²) >= 11 is 0. The monoisotopic (exact) mass is 500 g/mol. The summed E-state index contributed by atoms with van der Waals surface area (Å²) in [4.78, 5) is 31.0. The lowest BCUT2D eigenvalue weighted by Gasteiger charge is -2.27. The number of amides is 1. The number of para-hydroxylation sites is 1. The molecule has 2 aliphatic heterocycles. The highest BCUT2D eigenvalue weighted by atomic mass is 16.5. The average molecular weight is 501 g/mol. The van der Waals surface area contributed by atoms with Crippen molar-refractivity contribution >= 4 is 29.4 Å². The summed E-state index contributed by atoms with van der Waals surface area (Å²) < 4.78 is 16.6. The van der Waals surface area contributed by atoms with Crippen LogP contribution in [-0.2, 0) is 20.7 Å². The number of nitrogens with zero attached hydrogens (tertiary/aromatic N) is 2. The van der Waals surface area contributed by atoms with Crippen LogP contribution in [0.3, 0.4) is 0 Å². The van der Waals surface area contributed by atoms with Gasteiger partial charge in [0.05, 0.1) is 32.2 Å². The lowest BCUT2D eigenvalue weighted by molar-refractivity contribution is -0.120. The molecule has 9 nitrogen and oxygen atoms in total. The molecule has 1 atom stereocenters. The predicted octanol–water partition coefficient (Wildman–Crippen LogP) is 3.56. The Hall–Kier alpha value is -4.53. The number of hydrogen-bond donors (Lipinski definition) is 2. The normalized spacial score (nSPS) is 17.7. The first-order valence-corrected chi connectivity index (χ1v) is 12.0. The van der Waals surface area contributed by atoms with E-state index in [1.807, 2.05) is 30.4 Å². The highest BCUT2D eigenvalue weighted by molar-refractivity contribution is 5.98. The number of aliphatic imine (C=N–C) groups is 1. The maximum atomic E-state index is 13.0. The molecule has 190 valence electrons. The predicted molar refractivity (Wildman–Crippen MR) is 141 cm³/mol. The Morgan fingerprint density at radius 1 is 1.14 bits per heavy atom. The van der Waals surface area contributed by atoms with Gasteiger partial charge in [-0.2, -0.15) is 0 Å². The molecule has 3 aliphatic rings. The summed E-state index contributed by atoms with van der Waals surface area (Å²) in [6, 6.07) is 12.7. The third-order valence-electron chi connectivity index (χ3n) is 6.50. The zero-order valence-corrected chi connectivity index (χ0v) is 20.9. The van der Waals surface area contributed by atoms with E-state index in [0.717, 1.165) is 28.9 Å². The van der Waals surface area contributed by atoms with Crippen LogP contribution in [0.5, 0.6) is 5.75 Å². The van der Waals surface area contributed by atoms with Crippen molar-refractivity contribution < 1.29 is 23.8 Å². The SMILES string of the molecule is COC1=CC2=C(Nc3ccc4c(c3)CCN4C(=O)COc3ccccc3C(C)=O)N=CNC2C=C1OC. The number of Topliss-reactive ketones (excluding diaryl/α,β-unsaturated/α-hetero) is 1. The van der Waals surface area contributed by atoms with Crippen LogP contribution < -0.4 is 20.3 Å². The fourth-order valence-corrected chi connectivity index (χ4v) is 4.64. The van der Waals surface area contributed by atoms with E-state index >= 15 is 0 Å². The molecule has 0 spiro atoms. The molecule has 2 aromatic carbocycles. The highest BCUT2D eigenvalue weighted by Crippen LogP contribution is 2.33. The van der Waals surface area contributed by atoms with Crippen LogP contribution in [0.25, 0.3) is 0 Å². The number of carbonyl (C=O) groups is 2. The van der Waals surface area contributed by atoms with Crippen molar-refractivity contribution in [2.45, 2.75) is 19.4 Å². The number of carbonyl (C=O) groups excluding carboxylic acids is 2. The van der Waals surface area contributed by atoms with Crippen molar-refractivity contribution in [2.75, 3.05) is 37.6 Å². The van der Waals surface area contributed by atoms with Crippen molar-refractivity contribution in [1.82, 2.24) is 5.32 Å². The van der Waals surface area contributed by atoms with Crippen LogP contribution >= 0.6 is 0 Å². The summed E-state index contributed by atoms with van der Waals surface area (Å²) in [5.74, 6) is 2.14. The van der Waals surface area contributed by atoms with Crippen molar-refractivity contribution in [1.29, 1.82) is 0 Å². The summed E-state index contributed by atoms with van der Waals surface area (Å²) in [5, 5.41) is 6.62. The molecule has 0 bridgehead atoms. The lowest BCUT2D eigenvalue weighted by atomic mass is 9.98. The minimum atomic E-state index is -0.159. The first-order valence-electron chi connectivity index (χ1n) is 12.0. The number of benzene rings is 2. The van der Waals surface area contributed by atoms with Crippen molar-refractivity contribution in [3.8, 4) is 5.75 Å². The van der Waals surface area contributed by atoms with Gasteiger partial charge in [0.1, 0.15) is 11.6 Å². The van der Waals surface area contributed by atoms with Gasteiger partial charge in [-0.1, -0.05) is 12.1 Å². The quantitative estimate of drug-likeness (QED) is 0.535. The molecule has 0 saturated carbocycles. The lowest BCUT2D eigenvalue weighted by Crippen LogP contribution is -2.34. The first-order chi connectivity index (χ1) is 18.0. The van der Waals surface area contributed by atoms with Crippen LogP contribution in [0.1, 0.15) is 22.8 Å². The van der Waals surface area contributed by atoms with E-state index in [2.05, 4.69) is 15.6 Å². The summed E-state index contributed by atoms with van der Waals surface area (Å²) in [5.41, 5.74) is 4.18. The molecule has 2 N–H and O–H groups in total. The molecule has 1 amide bonds. The Bertz CT molecular complexity index is 1370. The van der Waals surface area contributed by atoms with Gasteiger partial charge in [0.2, 0.25) is 0 Å². The number of ketones is 1. The summed E-state index contributed by atoms with van der Waals surface area (Å²) in [6.45, 7) is 1.90. The van der Waals surface area contributed by atoms with Gasteiger partial charge in [-0.05, 0) is 61.4 Å². The van der Waals surface area contributed by atoms with Crippen LogP contribution in [0.2, 0.25) is 0 Å². The number of anilines is 2.